The van der Waals surface area contributed by atoms with Crippen LogP contribution < -0.4 is 10.6 Å². The Balaban J connectivity index is 1.50. The largest absolute Gasteiger partial charge is 0.342 e. The van der Waals surface area contributed by atoms with E-state index in [1.165, 1.54) is 0 Å². The first-order valence-corrected chi connectivity index (χ1v) is 6.92. The Morgan fingerprint density at radius 1 is 1.35 bits per heavy atom. The summed E-state index contributed by atoms with van der Waals surface area (Å²) in [6.45, 7) is 3.30. The van der Waals surface area contributed by atoms with Gasteiger partial charge in [-0.1, -0.05) is 5.21 Å². The number of likely N-dealkylation sites (tertiary alicyclic amines) is 1. The average molecular weight is 278 g/mol. The second-order valence-corrected chi connectivity index (χ2v) is 5.17. The van der Waals surface area contributed by atoms with Crippen LogP contribution in [0, 0.1) is 0 Å². The molecule has 2 aliphatic heterocycles. The lowest BCUT2D eigenvalue weighted by molar-refractivity contribution is -0.129. The predicted octanol–water partition coefficient (Wildman–Crippen LogP) is -1.23. The highest BCUT2D eigenvalue weighted by molar-refractivity contribution is 5.94. The second kappa shape index (κ2) is 5.58. The van der Waals surface area contributed by atoms with E-state index in [1.807, 2.05) is 0 Å². The van der Waals surface area contributed by atoms with Crippen molar-refractivity contribution in [3.63, 3.8) is 0 Å². The van der Waals surface area contributed by atoms with Gasteiger partial charge in [0.25, 0.3) is 5.91 Å². The molecule has 0 aliphatic carbocycles. The number of nitrogens with zero attached hydrogens (tertiary/aromatic N) is 4. The fourth-order valence-electron chi connectivity index (χ4n) is 2.34. The molecule has 0 radical (unpaired) electrons. The van der Waals surface area contributed by atoms with Gasteiger partial charge >= 0.3 is 0 Å². The van der Waals surface area contributed by atoms with Crippen molar-refractivity contribution in [2.24, 2.45) is 0 Å². The Morgan fingerprint density at radius 2 is 2.10 bits per heavy atom. The molecule has 20 heavy (non-hydrogen) atoms. The summed E-state index contributed by atoms with van der Waals surface area (Å²) >= 11 is 0. The number of hydrogen-bond acceptors (Lipinski definition) is 5. The van der Waals surface area contributed by atoms with Gasteiger partial charge in [-0.05, 0) is 12.8 Å². The zero-order valence-corrected chi connectivity index (χ0v) is 11.2. The lowest BCUT2D eigenvalue weighted by Crippen LogP contribution is -2.43. The summed E-state index contributed by atoms with van der Waals surface area (Å²) in [7, 11) is 0. The summed E-state index contributed by atoms with van der Waals surface area (Å²) in [6.07, 6.45) is 3.72. The van der Waals surface area contributed by atoms with E-state index in [0.29, 0.717) is 0 Å². The zero-order chi connectivity index (χ0) is 13.9. The highest BCUT2D eigenvalue weighted by Crippen LogP contribution is 2.10. The summed E-state index contributed by atoms with van der Waals surface area (Å²) in [5.74, 6) is -0.387. The number of carbonyl (C=O) groups excluding carboxylic acids is 2. The smallest absolute Gasteiger partial charge is 0.273 e. The Bertz CT molecular complexity index is 504. The summed E-state index contributed by atoms with van der Waals surface area (Å²) in [5, 5.41) is 13.5. The Morgan fingerprint density at radius 3 is 2.75 bits per heavy atom. The summed E-state index contributed by atoms with van der Waals surface area (Å²) in [4.78, 5) is 25.5. The van der Waals surface area contributed by atoms with Gasteiger partial charge in [0.2, 0.25) is 5.91 Å². The van der Waals surface area contributed by atoms with Crippen molar-refractivity contribution in [1.29, 1.82) is 0 Å². The van der Waals surface area contributed by atoms with Gasteiger partial charge in [-0.15, -0.1) is 5.10 Å². The van der Waals surface area contributed by atoms with Crippen molar-refractivity contribution in [2.45, 2.75) is 18.9 Å². The molecule has 8 nitrogen and oxygen atoms in total. The highest BCUT2D eigenvalue weighted by atomic mass is 16.2. The molecule has 0 bridgehead atoms. The highest BCUT2D eigenvalue weighted by Gasteiger charge is 2.22. The van der Waals surface area contributed by atoms with Crippen molar-refractivity contribution in [3.8, 4) is 0 Å². The third-order valence-corrected chi connectivity index (χ3v) is 3.74. The van der Waals surface area contributed by atoms with E-state index in [1.54, 1.807) is 15.8 Å². The van der Waals surface area contributed by atoms with Gasteiger partial charge in [0.15, 0.2) is 5.69 Å². The average Bonchev–Trinajstić information content (AvgIpc) is 3.04. The minimum absolute atomic E-state index is 0.0245. The molecule has 2 fully saturated rings. The molecule has 0 unspecified atom stereocenters. The molecular formula is C12H18N6O2. The number of hydrogen-bond donors (Lipinski definition) is 2. The summed E-state index contributed by atoms with van der Waals surface area (Å²) < 4.78 is 1.69. The standard InChI is InChI=1S/C12H18N6O2/c19-11(17-3-1-2-4-17)7-14-12(20)10-8-18(16-15-10)9-5-13-6-9/h8-9,13H,1-7H2,(H,14,20). The Hall–Kier alpha value is -1.96. The minimum Gasteiger partial charge on any atom is -0.342 e. The Labute approximate surface area is 116 Å². The molecule has 3 heterocycles. The van der Waals surface area contributed by atoms with Crippen molar-refractivity contribution < 1.29 is 9.59 Å². The van der Waals surface area contributed by atoms with Crippen LogP contribution in [0.15, 0.2) is 6.20 Å². The van der Waals surface area contributed by atoms with Crippen LogP contribution in [0.4, 0.5) is 0 Å². The van der Waals surface area contributed by atoms with E-state index < -0.39 is 0 Å². The predicted molar refractivity (Wildman–Crippen MR) is 70.1 cm³/mol. The molecule has 0 saturated carbocycles. The molecular weight excluding hydrogens is 260 g/mol. The number of amides is 2. The van der Waals surface area contributed by atoms with Gasteiger partial charge in [-0.2, -0.15) is 0 Å². The molecule has 2 N–H and O–H groups in total. The van der Waals surface area contributed by atoms with Crippen molar-refractivity contribution in [1.82, 2.24) is 30.5 Å². The van der Waals surface area contributed by atoms with Crippen LogP contribution in [0.25, 0.3) is 0 Å². The number of aromatic nitrogens is 3. The molecule has 0 spiro atoms. The van der Waals surface area contributed by atoms with E-state index in [-0.39, 0.29) is 30.1 Å². The number of carbonyl (C=O) groups is 2. The third-order valence-electron chi connectivity index (χ3n) is 3.74. The molecule has 2 aliphatic rings. The van der Waals surface area contributed by atoms with Crippen molar-refractivity contribution >= 4 is 11.8 Å². The van der Waals surface area contributed by atoms with Crippen LogP contribution in [0.1, 0.15) is 29.4 Å². The van der Waals surface area contributed by atoms with Gasteiger partial charge < -0.3 is 15.5 Å². The molecule has 1 aromatic heterocycles. The van der Waals surface area contributed by atoms with Crippen molar-refractivity contribution in [3.05, 3.63) is 11.9 Å². The zero-order valence-electron chi connectivity index (χ0n) is 11.2. The third kappa shape index (κ3) is 2.64. The molecule has 3 rings (SSSR count). The maximum Gasteiger partial charge on any atom is 0.273 e. The molecule has 1 aromatic rings. The lowest BCUT2D eigenvalue weighted by atomic mass is 10.2. The van der Waals surface area contributed by atoms with Crippen molar-refractivity contribution in [2.75, 3.05) is 32.7 Å². The maximum atomic E-state index is 11.9. The molecule has 108 valence electrons. The number of nitrogens with one attached hydrogen (secondary N) is 2. The molecule has 0 atom stereocenters. The normalized spacial score (nSPS) is 18.9. The van der Waals surface area contributed by atoms with E-state index in [4.69, 9.17) is 0 Å². The van der Waals surface area contributed by atoms with Crippen LogP contribution in [-0.4, -0.2) is 64.4 Å². The topological polar surface area (TPSA) is 92.2 Å². The van der Waals surface area contributed by atoms with Gasteiger partial charge in [-0.3, -0.25) is 9.59 Å². The van der Waals surface area contributed by atoms with Gasteiger partial charge in [0.1, 0.15) is 0 Å². The quantitative estimate of drug-likeness (QED) is 0.720. The van der Waals surface area contributed by atoms with Crippen LogP contribution in [0.2, 0.25) is 0 Å². The molecule has 2 amide bonds. The first-order valence-electron chi connectivity index (χ1n) is 6.92. The first-order chi connectivity index (χ1) is 9.74. The Kier molecular flexibility index (Phi) is 3.64. The van der Waals surface area contributed by atoms with Crippen LogP contribution >= 0.6 is 0 Å². The fraction of sp³-hybridized carbons (Fsp3) is 0.667. The molecule has 8 heteroatoms. The van der Waals surface area contributed by atoms with Crippen LogP contribution in [-0.2, 0) is 4.79 Å². The van der Waals surface area contributed by atoms with Gasteiger partial charge in [0, 0.05) is 26.2 Å². The summed E-state index contributed by atoms with van der Waals surface area (Å²) in [6, 6.07) is 0.273. The van der Waals surface area contributed by atoms with E-state index in [0.717, 1.165) is 39.0 Å². The first kappa shape index (κ1) is 13.0. The SMILES string of the molecule is O=C(NCC(=O)N1CCCC1)c1cn(C2CNC2)nn1. The minimum atomic E-state index is -0.351. The van der Waals surface area contributed by atoms with Crippen LogP contribution in [0.5, 0.6) is 0 Å². The summed E-state index contributed by atoms with van der Waals surface area (Å²) in [5.41, 5.74) is 0.256. The lowest BCUT2D eigenvalue weighted by Gasteiger charge is -2.26. The monoisotopic (exact) mass is 278 g/mol. The van der Waals surface area contributed by atoms with E-state index in [9.17, 15) is 9.59 Å². The number of rotatable bonds is 4. The van der Waals surface area contributed by atoms with Gasteiger partial charge in [-0.25, -0.2) is 4.68 Å². The van der Waals surface area contributed by atoms with Crippen LogP contribution in [0.3, 0.4) is 0 Å². The molecule has 0 aromatic carbocycles. The second-order valence-electron chi connectivity index (χ2n) is 5.17. The maximum absolute atomic E-state index is 11.9. The van der Waals surface area contributed by atoms with Gasteiger partial charge in [0.05, 0.1) is 18.8 Å². The fourth-order valence-corrected chi connectivity index (χ4v) is 2.34. The molecule has 2 saturated heterocycles. The van der Waals surface area contributed by atoms with E-state index >= 15 is 0 Å². The van der Waals surface area contributed by atoms with E-state index in [2.05, 4.69) is 20.9 Å².